The van der Waals surface area contributed by atoms with Gasteiger partial charge in [0.05, 0.1) is 24.7 Å². The van der Waals surface area contributed by atoms with Crippen LogP contribution < -0.4 is 0 Å². The molecule has 11 heavy (non-hydrogen) atoms. The Morgan fingerprint density at radius 2 is 2.18 bits per heavy atom. The van der Waals surface area contributed by atoms with Crippen molar-refractivity contribution in [3.8, 4) is 0 Å². The molecule has 1 aliphatic carbocycles. The van der Waals surface area contributed by atoms with Gasteiger partial charge in [0.1, 0.15) is 0 Å². The van der Waals surface area contributed by atoms with Gasteiger partial charge in [-0.2, -0.15) is 0 Å². The number of ether oxygens (including phenoxy) is 1. The van der Waals surface area contributed by atoms with Gasteiger partial charge in [0, 0.05) is 6.42 Å². The van der Waals surface area contributed by atoms with E-state index in [0.29, 0.717) is 6.42 Å². The molecule has 1 spiro atoms. The lowest BCUT2D eigenvalue weighted by Crippen LogP contribution is -2.13. The van der Waals surface area contributed by atoms with Gasteiger partial charge >= 0.3 is 0 Å². The van der Waals surface area contributed by atoms with Gasteiger partial charge in [0.2, 0.25) is 0 Å². The van der Waals surface area contributed by atoms with Crippen LogP contribution in [0.5, 0.6) is 0 Å². The highest BCUT2D eigenvalue weighted by Crippen LogP contribution is 2.65. The van der Waals surface area contributed by atoms with Gasteiger partial charge in [-0.05, 0) is 6.42 Å². The molecule has 2 fully saturated rings. The van der Waals surface area contributed by atoms with E-state index in [4.69, 9.17) is 9.84 Å². The monoisotopic (exact) mass is 164 g/mol. The van der Waals surface area contributed by atoms with Crippen LogP contribution >= 0.6 is 0 Å². The first-order chi connectivity index (χ1) is 5.10. The molecule has 1 N–H and O–H groups in total. The molecule has 0 amide bonds. The summed E-state index contributed by atoms with van der Waals surface area (Å²) < 4.78 is 30.3. The van der Waals surface area contributed by atoms with Crippen LogP contribution in [0.2, 0.25) is 0 Å². The molecule has 0 aromatic heterocycles. The predicted molar refractivity (Wildman–Crippen MR) is 33.4 cm³/mol. The lowest BCUT2D eigenvalue weighted by atomic mass is 10.0. The SMILES string of the molecule is OCC1CC2(CO1)CC2(F)F. The Morgan fingerprint density at radius 3 is 2.45 bits per heavy atom. The van der Waals surface area contributed by atoms with Crippen LogP contribution in [0.3, 0.4) is 0 Å². The van der Waals surface area contributed by atoms with Crippen molar-refractivity contribution in [2.45, 2.75) is 24.9 Å². The van der Waals surface area contributed by atoms with E-state index in [0.717, 1.165) is 0 Å². The van der Waals surface area contributed by atoms with E-state index in [1.165, 1.54) is 0 Å². The van der Waals surface area contributed by atoms with E-state index in [1.54, 1.807) is 0 Å². The maximum absolute atomic E-state index is 12.6. The standard InChI is InChI=1S/C7H10F2O2/c8-7(9)3-6(7)1-5(2-10)11-4-6/h5,10H,1-4H2. The van der Waals surface area contributed by atoms with E-state index < -0.39 is 11.3 Å². The molecule has 2 aliphatic rings. The molecule has 1 saturated carbocycles. The molecule has 1 saturated heterocycles. The molecule has 2 rings (SSSR count). The first-order valence-corrected chi connectivity index (χ1v) is 3.70. The Labute approximate surface area is 63.2 Å². The molecule has 4 heteroatoms. The fourth-order valence-corrected chi connectivity index (χ4v) is 1.71. The molecule has 0 aromatic rings. The Hall–Kier alpha value is -0.220. The molecule has 0 aromatic carbocycles. The van der Waals surface area contributed by atoms with Crippen LogP contribution in [0.25, 0.3) is 0 Å². The second-order valence-electron chi connectivity index (χ2n) is 3.48. The number of aliphatic hydroxyl groups excluding tert-OH is 1. The summed E-state index contributed by atoms with van der Waals surface area (Å²) in [6.45, 7) is -0.0247. The van der Waals surface area contributed by atoms with Crippen molar-refractivity contribution in [1.29, 1.82) is 0 Å². The van der Waals surface area contributed by atoms with E-state index in [9.17, 15) is 8.78 Å². The van der Waals surface area contributed by atoms with Crippen molar-refractivity contribution >= 4 is 0 Å². The Balaban J connectivity index is 2.01. The summed E-state index contributed by atoms with van der Waals surface area (Å²) in [6, 6.07) is 0. The average molecular weight is 164 g/mol. The molecule has 2 nitrogen and oxygen atoms in total. The topological polar surface area (TPSA) is 29.5 Å². The zero-order chi connectivity index (χ0) is 8.11. The third-order valence-corrected chi connectivity index (χ3v) is 2.63. The summed E-state index contributed by atoms with van der Waals surface area (Å²) in [6.07, 6.45) is -0.101. The fraction of sp³-hybridized carbons (Fsp3) is 1.00. The zero-order valence-corrected chi connectivity index (χ0v) is 6.02. The smallest absolute Gasteiger partial charge is 0.257 e. The fourth-order valence-electron chi connectivity index (χ4n) is 1.71. The highest BCUT2D eigenvalue weighted by molar-refractivity contribution is 5.13. The highest BCUT2D eigenvalue weighted by atomic mass is 19.3. The lowest BCUT2D eigenvalue weighted by Gasteiger charge is -2.03. The largest absolute Gasteiger partial charge is 0.394 e. The van der Waals surface area contributed by atoms with Gasteiger partial charge in [-0.15, -0.1) is 0 Å². The molecule has 2 atom stereocenters. The van der Waals surface area contributed by atoms with Gasteiger partial charge in [-0.3, -0.25) is 0 Å². The van der Waals surface area contributed by atoms with Crippen LogP contribution in [0.4, 0.5) is 8.78 Å². The zero-order valence-electron chi connectivity index (χ0n) is 6.02. The van der Waals surface area contributed by atoms with E-state index in [-0.39, 0.29) is 25.7 Å². The predicted octanol–water partition coefficient (Wildman–Crippen LogP) is 0.793. The van der Waals surface area contributed by atoms with Crippen LogP contribution in [0.15, 0.2) is 0 Å². The van der Waals surface area contributed by atoms with E-state index in [1.807, 2.05) is 0 Å². The van der Waals surface area contributed by atoms with Crippen molar-refractivity contribution in [3.63, 3.8) is 0 Å². The Bertz CT molecular complexity index is 183. The molecule has 64 valence electrons. The maximum Gasteiger partial charge on any atom is 0.257 e. The highest BCUT2D eigenvalue weighted by Gasteiger charge is 2.73. The van der Waals surface area contributed by atoms with Gasteiger partial charge in [-0.1, -0.05) is 0 Å². The lowest BCUT2D eigenvalue weighted by molar-refractivity contribution is 0.0399. The van der Waals surface area contributed by atoms with E-state index >= 15 is 0 Å². The van der Waals surface area contributed by atoms with E-state index in [2.05, 4.69) is 0 Å². The molecule has 1 aliphatic heterocycles. The summed E-state index contributed by atoms with van der Waals surface area (Å²) in [5.41, 5.74) is -0.902. The van der Waals surface area contributed by atoms with Crippen molar-refractivity contribution in [3.05, 3.63) is 0 Å². The van der Waals surface area contributed by atoms with Gasteiger partial charge in [-0.25, -0.2) is 8.78 Å². The van der Waals surface area contributed by atoms with Crippen molar-refractivity contribution in [2.24, 2.45) is 5.41 Å². The van der Waals surface area contributed by atoms with Gasteiger partial charge in [0.25, 0.3) is 5.92 Å². The van der Waals surface area contributed by atoms with Crippen LogP contribution in [-0.2, 0) is 4.74 Å². The summed E-state index contributed by atoms with van der Waals surface area (Å²) in [5.74, 6) is -2.53. The summed E-state index contributed by atoms with van der Waals surface area (Å²) in [4.78, 5) is 0. The number of aliphatic hydroxyl groups is 1. The normalized spacial score (nSPS) is 46.6. The summed E-state index contributed by atoms with van der Waals surface area (Å²) in [5, 5.41) is 8.63. The number of hydrogen-bond donors (Lipinski definition) is 1. The van der Waals surface area contributed by atoms with Gasteiger partial charge < -0.3 is 9.84 Å². The molecule has 1 heterocycles. The minimum absolute atomic E-state index is 0.0590. The van der Waals surface area contributed by atoms with Crippen molar-refractivity contribution in [2.75, 3.05) is 13.2 Å². The van der Waals surface area contributed by atoms with Crippen LogP contribution in [0, 0.1) is 5.41 Å². The van der Waals surface area contributed by atoms with Crippen molar-refractivity contribution < 1.29 is 18.6 Å². The number of halogens is 2. The summed E-state index contributed by atoms with van der Waals surface area (Å²) >= 11 is 0. The number of alkyl halides is 2. The maximum atomic E-state index is 12.6. The molecular weight excluding hydrogens is 154 g/mol. The first kappa shape index (κ1) is 7.43. The first-order valence-electron chi connectivity index (χ1n) is 3.70. The van der Waals surface area contributed by atoms with Crippen LogP contribution in [-0.4, -0.2) is 30.3 Å². The van der Waals surface area contributed by atoms with Crippen LogP contribution in [0.1, 0.15) is 12.8 Å². The molecule has 2 unspecified atom stereocenters. The van der Waals surface area contributed by atoms with Gasteiger partial charge in [0.15, 0.2) is 0 Å². The Morgan fingerprint density at radius 1 is 1.55 bits per heavy atom. The second-order valence-corrected chi connectivity index (χ2v) is 3.48. The minimum atomic E-state index is -2.53. The number of hydrogen-bond acceptors (Lipinski definition) is 2. The second kappa shape index (κ2) is 1.93. The third kappa shape index (κ3) is 0.891. The van der Waals surface area contributed by atoms with Crippen molar-refractivity contribution in [1.82, 2.24) is 0 Å². The molecule has 0 bridgehead atoms. The number of rotatable bonds is 1. The Kier molecular flexibility index (Phi) is 1.30. The average Bonchev–Trinajstić information content (AvgIpc) is 2.35. The molecular formula is C7H10F2O2. The quantitative estimate of drug-likeness (QED) is 0.621. The summed E-state index contributed by atoms with van der Waals surface area (Å²) in [7, 11) is 0. The minimum Gasteiger partial charge on any atom is -0.394 e. The molecule has 0 radical (unpaired) electrons. The third-order valence-electron chi connectivity index (χ3n) is 2.63.